The minimum Gasteiger partial charge on any atom is -0.366 e. The third kappa shape index (κ3) is 5.02. The van der Waals surface area contributed by atoms with Gasteiger partial charge in [0.25, 0.3) is 5.91 Å². The zero-order chi connectivity index (χ0) is 21.2. The maximum Gasteiger partial charge on any atom is 0.356 e. The van der Waals surface area contributed by atoms with Gasteiger partial charge in [0.05, 0.1) is 19.8 Å². The third-order valence-corrected chi connectivity index (χ3v) is 6.10. The molecule has 164 valence electrons. The zero-order valence-electron chi connectivity index (χ0n) is 16.8. The van der Waals surface area contributed by atoms with Crippen LogP contribution in [0.3, 0.4) is 0 Å². The average Bonchev–Trinajstić information content (AvgIpc) is 3.29. The molecule has 2 fully saturated rings. The van der Waals surface area contributed by atoms with Crippen molar-refractivity contribution < 1.29 is 37.4 Å². The molecule has 0 bridgehead atoms. The van der Waals surface area contributed by atoms with Crippen LogP contribution in [0.2, 0.25) is 0 Å². The van der Waals surface area contributed by atoms with Crippen molar-refractivity contribution >= 4 is 13.5 Å². The lowest BCUT2D eigenvalue weighted by molar-refractivity contribution is -0.203. The maximum absolute atomic E-state index is 12.5. The SMILES string of the molecule is CCOP(=O)(COC[C@H]1O[C@@H](n2cnc(C(N)=O)n2)[C@@H]2OC(C)(C)O[C@@H]21)OCC. The van der Waals surface area contributed by atoms with Gasteiger partial charge in [0.2, 0.25) is 5.82 Å². The van der Waals surface area contributed by atoms with Crippen LogP contribution < -0.4 is 5.73 Å². The van der Waals surface area contributed by atoms with Crippen molar-refractivity contribution in [2.75, 3.05) is 26.2 Å². The van der Waals surface area contributed by atoms with E-state index in [1.54, 1.807) is 27.7 Å². The number of nitrogens with two attached hydrogens (primary N) is 1. The Hall–Kier alpha value is -1.40. The van der Waals surface area contributed by atoms with Crippen molar-refractivity contribution in [2.45, 2.75) is 58.0 Å². The number of nitrogens with zero attached hydrogens (tertiary/aromatic N) is 3. The number of carbonyl (C=O) groups is 1. The van der Waals surface area contributed by atoms with Crippen LogP contribution in [-0.2, 0) is 32.6 Å². The summed E-state index contributed by atoms with van der Waals surface area (Å²) in [4.78, 5) is 15.2. The summed E-state index contributed by atoms with van der Waals surface area (Å²) in [6.45, 7) is 7.58. The van der Waals surface area contributed by atoms with Crippen molar-refractivity contribution in [3.63, 3.8) is 0 Å². The highest BCUT2D eigenvalue weighted by atomic mass is 31.2. The van der Waals surface area contributed by atoms with Crippen LogP contribution in [0.25, 0.3) is 0 Å². The first-order valence-corrected chi connectivity index (χ1v) is 11.1. The quantitative estimate of drug-likeness (QED) is 0.530. The lowest BCUT2D eigenvalue weighted by Gasteiger charge is -2.24. The molecule has 3 heterocycles. The second-order valence-electron chi connectivity index (χ2n) is 6.99. The number of rotatable bonds is 10. The van der Waals surface area contributed by atoms with Gasteiger partial charge in [0.1, 0.15) is 31.0 Å². The Bertz CT molecular complexity index is 762. The third-order valence-electron chi connectivity index (χ3n) is 4.30. The number of carbonyl (C=O) groups excluding carboxylic acids is 1. The van der Waals surface area contributed by atoms with Crippen LogP contribution in [0.4, 0.5) is 0 Å². The Morgan fingerprint density at radius 3 is 2.52 bits per heavy atom. The Balaban J connectivity index is 1.69. The van der Waals surface area contributed by atoms with E-state index in [-0.39, 0.29) is 32.0 Å². The van der Waals surface area contributed by atoms with Gasteiger partial charge in [-0.15, -0.1) is 5.10 Å². The molecule has 1 aromatic heterocycles. The molecule has 0 saturated carbocycles. The Morgan fingerprint density at radius 1 is 1.28 bits per heavy atom. The van der Waals surface area contributed by atoms with Gasteiger partial charge < -0.3 is 33.7 Å². The van der Waals surface area contributed by atoms with Gasteiger partial charge >= 0.3 is 7.60 Å². The van der Waals surface area contributed by atoms with Crippen molar-refractivity contribution in [1.29, 1.82) is 0 Å². The van der Waals surface area contributed by atoms with Crippen LogP contribution in [-0.4, -0.2) is 70.9 Å². The predicted molar refractivity (Wildman–Crippen MR) is 98.0 cm³/mol. The molecule has 0 spiro atoms. The molecule has 2 aliphatic heterocycles. The van der Waals surface area contributed by atoms with Gasteiger partial charge in [0, 0.05) is 0 Å². The minimum atomic E-state index is -3.34. The van der Waals surface area contributed by atoms with E-state index in [4.69, 9.17) is 33.7 Å². The van der Waals surface area contributed by atoms with Crippen LogP contribution in [0, 0.1) is 0 Å². The summed E-state index contributed by atoms with van der Waals surface area (Å²) in [7, 11) is -3.34. The summed E-state index contributed by atoms with van der Waals surface area (Å²) >= 11 is 0. The minimum absolute atomic E-state index is 0.0681. The number of hydrogen-bond acceptors (Lipinski definition) is 10. The van der Waals surface area contributed by atoms with Crippen molar-refractivity contribution in [3.05, 3.63) is 12.2 Å². The number of aromatic nitrogens is 3. The molecule has 0 unspecified atom stereocenters. The highest BCUT2D eigenvalue weighted by Crippen LogP contribution is 2.48. The maximum atomic E-state index is 12.5. The molecule has 0 aliphatic carbocycles. The number of primary amides is 1. The van der Waals surface area contributed by atoms with Crippen molar-refractivity contribution in [2.24, 2.45) is 5.73 Å². The summed E-state index contributed by atoms with van der Waals surface area (Å²) < 4.78 is 47.8. The zero-order valence-corrected chi connectivity index (χ0v) is 17.7. The first kappa shape index (κ1) is 22.3. The summed E-state index contributed by atoms with van der Waals surface area (Å²) in [5.74, 6) is -1.71. The van der Waals surface area contributed by atoms with Gasteiger partial charge in [0.15, 0.2) is 12.0 Å². The second kappa shape index (κ2) is 8.76. The fourth-order valence-corrected chi connectivity index (χ4v) is 4.64. The highest BCUT2D eigenvalue weighted by molar-refractivity contribution is 7.53. The molecule has 2 saturated heterocycles. The molecule has 12 nitrogen and oxygen atoms in total. The molecule has 2 N–H and O–H groups in total. The first-order chi connectivity index (χ1) is 13.7. The molecule has 1 amide bonds. The normalized spacial score (nSPS) is 28.6. The van der Waals surface area contributed by atoms with Crippen LogP contribution in [0.1, 0.15) is 44.5 Å². The van der Waals surface area contributed by atoms with Crippen molar-refractivity contribution in [3.8, 4) is 0 Å². The first-order valence-electron chi connectivity index (χ1n) is 9.36. The fraction of sp³-hybridized carbons (Fsp3) is 0.812. The number of ether oxygens (including phenoxy) is 4. The lowest BCUT2D eigenvalue weighted by atomic mass is 10.1. The number of hydrogen-bond donors (Lipinski definition) is 1. The monoisotopic (exact) mass is 434 g/mol. The topological polar surface area (TPSA) is 146 Å². The lowest BCUT2D eigenvalue weighted by Crippen LogP contribution is -2.33. The van der Waals surface area contributed by atoms with Gasteiger partial charge in [-0.3, -0.25) is 9.36 Å². The standard InChI is InChI=1S/C16H27N4O8P/c1-5-24-29(22,25-6-2)9-23-7-10-11-12(28-16(3,4)27-11)15(26-10)20-8-18-14(19-20)13(17)21/h8,10-12,15H,5-7,9H2,1-4H3,(H2,17,21)/t10-,11-,12-,15-/m1/s1. The van der Waals surface area contributed by atoms with Gasteiger partial charge in [-0.1, -0.05) is 0 Å². The molecule has 0 radical (unpaired) electrons. The fourth-order valence-electron chi connectivity index (χ4n) is 3.30. The van der Waals surface area contributed by atoms with Crippen LogP contribution >= 0.6 is 7.60 Å². The summed E-state index contributed by atoms with van der Waals surface area (Å²) in [5.41, 5.74) is 5.21. The molecular weight excluding hydrogens is 407 g/mol. The second-order valence-corrected chi connectivity index (χ2v) is 8.99. The van der Waals surface area contributed by atoms with Crippen molar-refractivity contribution in [1.82, 2.24) is 14.8 Å². The summed E-state index contributed by atoms with van der Waals surface area (Å²) in [6, 6.07) is 0. The molecule has 13 heteroatoms. The van der Waals surface area contributed by atoms with E-state index >= 15 is 0 Å². The molecule has 1 aromatic rings. The van der Waals surface area contributed by atoms with Crippen LogP contribution in [0.5, 0.6) is 0 Å². The Morgan fingerprint density at radius 2 is 1.93 bits per heavy atom. The molecule has 3 rings (SSSR count). The summed E-state index contributed by atoms with van der Waals surface area (Å²) in [5, 5.41) is 4.05. The van der Waals surface area contributed by atoms with Crippen LogP contribution in [0.15, 0.2) is 6.33 Å². The van der Waals surface area contributed by atoms with Gasteiger partial charge in [-0.2, -0.15) is 0 Å². The average molecular weight is 434 g/mol. The number of amides is 1. The largest absolute Gasteiger partial charge is 0.366 e. The van der Waals surface area contributed by atoms with E-state index in [1.807, 2.05) is 0 Å². The van der Waals surface area contributed by atoms with E-state index in [2.05, 4.69) is 10.1 Å². The smallest absolute Gasteiger partial charge is 0.356 e. The summed E-state index contributed by atoms with van der Waals surface area (Å²) in [6.07, 6.45) is -1.07. The number of fused-ring (bicyclic) bond motifs is 1. The predicted octanol–water partition coefficient (Wildman–Crippen LogP) is 1.03. The van der Waals surface area contributed by atoms with E-state index in [0.717, 1.165) is 0 Å². The molecular formula is C16H27N4O8P. The van der Waals surface area contributed by atoms with Gasteiger partial charge in [-0.25, -0.2) is 9.67 Å². The van der Waals surface area contributed by atoms with Gasteiger partial charge in [-0.05, 0) is 27.7 Å². The van der Waals surface area contributed by atoms with E-state index < -0.39 is 43.8 Å². The Kier molecular flexibility index (Phi) is 6.74. The molecule has 4 atom stereocenters. The van der Waals surface area contributed by atoms with E-state index in [1.165, 1.54) is 11.0 Å². The van der Waals surface area contributed by atoms with E-state index in [0.29, 0.717) is 0 Å². The molecule has 2 aliphatic rings. The molecule has 29 heavy (non-hydrogen) atoms. The Labute approximate surface area is 168 Å². The molecule has 0 aromatic carbocycles. The highest BCUT2D eigenvalue weighted by Gasteiger charge is 2.56. The van der Waals surface area contributed by atoms with E-state index in [9.17, 15) is 9.36 Å².